The maximum absolute atomic E-state index is 2.42. The van der Waals surface area contributed by atoms with E-state index in [2.05, 4.69) is 269 Å². The molecule has 10 aromatic rings. The first kappa shape index (κ1) is 40.5. The van der Waals surface area contributed by atoms with Crippen molar-refractivity contribution in [2.75, 3.05) is 4.90 Å². The van der Waals surface area contributed by atoms with Crippen molar-refractivity contribution in [1.29, 1.82) is 0 Å². The SMILES string of the molecule is CC1(C)c2ccccc2-c2ccc(-c3ccc(N(c4ccc(-c5ccccc5-c5cccc6c5C(C)(C)c5ccccc5-6)cc4)c4ccccc4-c4ccc(-c5ccccc5)cc4)cc3)cc21. The summed E-state index contributed by atoms with van der Waals surface area (Å²) in [7, 11) is 0. The topological polar surface area (TPSA) is 3.24 Å². The van der Waals surface area contributed by atoms with Crippen molar-refractivity contribution in [3.8, 4) is 77.9 Å². The molecule has 0 spiro atoms. The number of anilines is 3. The van der Waals surface area contributed by atoms with Gasteiger partial charge < -0.3 is 4.90 Å². The summed E-state index contributed by atoms with van der Waals surface area (Å²) in [5, 5.41) is 0. The number of hydrogen-bond donors (Lipinski definition) is 0. The van der Waals surface area contributed by atoms with E-state index in [9.17, 15) is 0 Å². The molecule has 0 atom stereocenters. The fourth-order valence-electron chi connectivity index (χ4n) is 11.3. The third kappa shape index (κ3) is 6.68. The molecule has 0 fully saturated rings. The molecule has 1 heteroatoms. The third-order valence-corrected chi connectivity index (χ3v) is 14.7. The van der Waals surface area contributed by atoms with Crippen LogP contribution in [0.4, 0.5) is 17.1 Å². The van der Waals surface area contributed by atoms with Gasteiger partial charge >= 0.3 is 0 Å². The van der Waals surface area contributed by atoms with Crippen LogP contribution >= 0.6 is 0 Å². The zero-order valence-corrected chi connectivity index (χ0v) is 38.5. The molecule has 0 amide bonds. The zero-order valence-electron chi connectivity index (χ0n) is 38.5. The summed E-state index contributed by atoms with van der Waals surface area (Å²) >= 11 is 0. The Bertz CT molecular complexity index is 3480. The van der Waals surface area contributed by atoms with E-state index < -0.39 is 0 Å². The van der Waals surface area contributed by atoms with Gasteiger partial charge in [0.2, 0.25) is 0 Å². The van der Waals surface area contributed by atoms with E-state index in [0.717, 1.165) is 17.1 Å². The molecule has 0 unspecified atom stereocenters. The maximum atomic E-state index is 2.42. The van der Waals surface area contributed by atoms with Gasteiger partial charge in [0.05, 0.1) is 5.69 Å². The van der Waals surface area contributed by atoms with Crippen molar-refractivity contribution in [3.05, 3.63) is 259 Å². The number of rotatable bonds is 8. The van der Waals surface area contributed by atoms with Crippen molar-refractivity contribution in [2.45, 2.75) is 38.5 Å². The Morgan fingerprint density at radius 2 is 0.657 bits per heavy atom. The summed E-state index contributed by atoms with van der Waals surface area (Å²) in [5.41, 5.74) is 26.2. The summed E-state index contributed by atoms with van der Waals surface area (Å²) in [5.74, 6) is 0. The van der Waals surface area contributed by atoms with E-state index in [1.165, 1.54) is 100 Å². The fourth-order valence-corrected chi connectivity index (χ4v) is 11.3. The highest BCUT2D eigenvalue weighted by Crippen LogP contribution is 2.54. The first-order valence-electron chi connectivity index (χ1n) is 23.6. The van der Waals surface area contributed by atoms with Crippen molar-refractivity contribution in [1.82, 2.24) is 0 Å². The Kier molecular flexibility index (Phi) is 9.59. The van der Waals surface area contributed by atoms with Crippen molar-refractivity contribution >= 4 is 17.1 Å². The average molecular weight is 858 g/mol. The normalized spacial score (nSPS) is 13.6. The molecule has 0 saturated carbocycles. The fraction of sp³-hybridized carbons (Fsp3) is 0.0909. The number of nitrogens with zero attached hydrogens (tertiary/aromatic N) is 1. The minimum Gasteiger partial charge on any atom is -0.310 e. The van der Waals surface area contributed by atoms with E-state index in [0.29, 0.717) is 0 Å². The second-order valence-electron chi connectivity index (χ2n) is 19.3. The van der Waals surface area contributed by atoms with Crippen LogP contribution in [-0.2, 0) is 10.8 Å². The van der Waals surface area contributed by atoms with Crippen LogP contribution in [0.3, 0.4) is 0 Å². The van der Waals surface area contributed by atoms with Crippen LogP contribution in [0.5, 0.6) is 0 Å². The van der Waals surface area contributed by atoms with Gasteiger partial charge in [-0.05, 0) is 131 Å². The molecule has 10 aromatic carbocycles. The lowest BCUT2D eigenvalue weighted by Gasteiger charge is -2.28. The summed E-state index contributed by atoms with van der Waals surface area (Å²) in [6, 6.07) is 87.4. The maximum Gasteiger partial charge on any atom is 0.0540 e. The van der Waals surface area contributed by atoms with Crippen LogP contribution in [0.25, 0.3) is 77.9 Å². The number of benzene rings is 10. The molecule has 0 N–H and O–H groups in total. The van der Waals surface area contributed by atoms with Gasteiger partial charge in [0.15, 0.2) is 0 Å². The van der Waals surface area contributed by atoms with E-state index in [4.69, 9.17) is 0 Å². The highest BCUT2D eigenvalue weighted by Gasteiger charge is 2.38. The van der Waals surface area contributed by atoms with Gasteiger partial charge in [0.1, 0.15) is 0 Å². The Balaban J connectivity index is 0.947. The van der Waals surface area contributed by atoms with Gasteiger partial charge in [0, 0.05) is 27.8 Å². The first-order valence-corrected chi connectivity index (χ1v) is 23.6. The molecule has 2 aliphatic carbocycles. The van der Waals surface area contributed by atoms with Crippen LogP contribution in [-0.4, -0.2) is 0 Å². The van der Waals surface area contributed by atoms with E-state index in [1.807, 2.05) is 0 Å². The summed E-state index contributed by atoms with van der Waals surface area (Å²) < 4.78 is 0. The molecular formula is C66H51N. The zero-order chi connectivity index (χ0) is 45.3. The standard InChI is InChI=1S/C66H51N/c1-65(2)60-26-13-10-22-55(60)57-42-37-49(43-62(57)65)46-33-38-50(39-34-46)67(63-28-15-12-20-53(63)48-31-29-45(30-32-48)44-17-6-5-7-18-44)51-40-35-47(36-41-51)52-19-8-9-21-54(52)58-24-16-25-59-56-23-11-14-27-61(56)66(3,4)64(58)59/h5-43H,1-4H3. The molecular weight excluding hydrogens is 807 g/mol. The van der Waals surface area contributed by atoms with Gasteiger partial charge in [-0.1, -0.05) is 228 Å². The molecule has 67 heavy (non-hydrogen) atoms. The number of hydrogen-bond acceptors (Lipinski definition) is 1. The molecule has 0 aromatic heterocycles. The second-order valence-corrected chi connectivity index (χ2v) is 19.3. The largest absolute Gasteiger partial charge is 0.310 e. The smallest absolute Gasteiger partial charge is 0.0540 e. The predicted octanol–water partition coefficient (Wildman–Crippen LogP) is 18.1. The molecule has 0 heterocycles. The monoisotopic (exact) mass is 857 g/mol. The quantitative estimate of drug-likeness (QED) is 0.147. The molecule has 0 radical (unpaired) electrons. The van der Waals surface area contributed by atoms with E-state index in [-0.39, 0.29) is 10.8 Å². The Labute approximate surface area is 395 Å². The third-order valence-electron chi connectivity index (χ3n) is 14.7. The predicted molar refractivity (Wildman–Crippen MR) is 283 cm³/mol. The van der Waals surface area contributed by atoms with Crippen molar-refractivity contribution < 1.29 is 0 Å². The summed E-state index contributed by atoms with van der Waals surface area (Å²) in [4.78, 5) is 2.42. The highest BCUT2D eigenvalue weighted by atomic mass is 15.1. The van der Waals surface area contributed by atoms with E-state index in [1.54, 1.807) is 0 Å². The minimum atomic E-state index is -0.117. The van der Waals surface area contributed by atoms with Gasteiger partial charge in [-0.15, -0.1) is 0 Å². The second kappa shape index (κ2) is 15.9. The molecule has 320 valence electrons. The summed E-state index contributed by atoms with van der Waals surface area (Å²) in [6.07, 6.45) is 0. The Morgan fingerprint density at radius 1 is 0.254 bits per heavy atom. The Morgan fingerprint density at radius 3 is 1.33 bits per heavy atom. The van der Waals surface area contributed by atoms with Crippen LogP contribution < -0.4 is 4.90 Å². The Hall–Kier alpha value is -8.00. The lowest BCUT2D eigenvalue weighted by Crippen LogP contribution is -2.16. The van der Waals surface area contributed by atoms with Crippen LogP contribution in [0, 0.1) is 0 Å². The molecule has 2 aliphatic rings. The van der Waals surface area contributed by atoms with Crippen LogP contribution in [0.2, 0.25) is 0 Å². The molecule has 0 aliphatic heterocycles. The lowest BCUT2D eigenvalue weighted by atomic mass is 9.78. The average Bonchev–Trinajstić information content (AvgIpc) is 3.76. The van der Waals surface area contributed by atoms with Crippen molar-refractivity contribution in [3.63, 3.8) is 0 Å². The molecule has 12 rings (SSSR count). The lowest BCUT2D eigenvalue weighted by molar-refractivity contribution is 0.660. The van der Waals surface area contributed by atoms with Crippen molar-refractivity contribution in [2.24, 2.45) is 0 Å². The van der Waals surface area contributed by atoms with E-state index >= 15 is 0 Å². The highest BCUT2D eigenvalue weighted by molar-refractivity contribution is 5.94. The number of fused-ring (bicyclic) bond motifs is 6. The summed E-state index contributed by atoms with van der Waals surface area (Å²) in [6.45, 7) is 9.46. The van der Waals surface area contributed by atoms with Gasteiger partial charge in [-0.2, -0.15) is 0 Å². The minimum absolute atomic E-state index is 0.0576. The van der Waals surface area contributed by atoms with Gasteiger partial charge in [-0.3, -0.25) is 0 Å². The van der Waals surface area contributed by atoms with Crippen LogP contribution in [0.15, 0.2) is 237 Å². The molecule has 1 nitrogen and oxygen atoms in total. The number of para-hydroxylation sites is 1. The van der Waals surface area contributed by atoms with Crippen LogP contribution in [0.1, 0.15) is 49.9 Å². The molecule has 0 saturated heterocycles. The first-order chi connectivity index (χ1) is 32.8. The van der Waals surface area contributed by atoms with Gasteiger partial charge in [0.25, 0.3) is 0 Å². The van der Waals surface area contributed by atoms with Gasteiger partial charge in [-0.25, -0.2) is 0 Å². The molecule has 0 bridgehead atoms.